The highest BCUT2D eigenvalue weighted by atomic mass is 16.5. The van der Waals surface area contributed by atoms with E-state index in [2.05, 4.69) is 12.1 Å². The van der Waals surface area contributed by atoms with E-state index in [9.17, 15) is 10.1 Å². The molecule has 1 aliphatic rings. The molecule has 5 rings (SSSR count). The fourth-order valence-corrected chi connectivity index (χ4v) is 5.06. The lowest BCUT2D eigenvalue weighted by molar-refractivity contribution is 0.0693. The molecule has 1 heterocycles. The third-order valence-corrected chi connectivity index (χ3v) is 6.79. The number of fused-ring (bicyclic) bond motifs is 2. The maximum Gasteiger partial charge on any atom is 0.259 e. The normalized spacial score (nSPS) is 16.1. The summed E-state index contributed by atoms with van der Waals surface area (Å²) in [5.74, 6) is 0.906. The van der Waals surface area contributed by atoms with Crippen LogP contribution in [-0.4, -0.2) is 32.1 Å². The molecule has 4 aromatic carbocycles. The number of carbonyl (C=O) groups is 1. The van der Waals surface area contributed by atoms with E-state index in [1.54, 1.807) is 43.7 Å². The van der Waals surface area contributed by atoms with Crippen LogP contribution in [0.3, 0.4) is 0 Å². The minimum Gasteiger partial charge on any atom is -0.493 e. The predicted molar refractivity (Wildman–Crippen MR) is 143 cm³/mol. The zero-order chi connectivity index (χ0) is 26.0. The molecule has 184 valence electrons. The number of amides is 1. The molecule has 0 N–H and O–H groups in total. The van der Waals surface area contributed by atoms with Gasteiger partial charge in [0.05, 0.1) is 27.4 Å². The van der Waals surface area contributed by atoms with Gasteiger partial charge < -0.3 is 14.2 Å². The maximum atomic E-state index is 13.9. The molecule has 0 fully saturated rings. The van der Waals surface area contributed by atoms with Gasteiger partial charge in [-0.3, -0.25) is 9.69 Å². The van der Waals surface area contributed by atoms with E-state index in [0.717, 1.165) is 16.3 Å². The molecular weight excluding hydrogens is 464 g/mol. The smallest absolute Gasteiger partial charge is 0.259 e. The summed E-state index contributed by atoms with van der Waals surface area (Å²) in [7, 11) is 4.60. The van der Waals surface area contributed by atoms with Gasteiger partial charge in [-0.15, -0.1) is 0 Å². The second-order valence-corrected chi connectivity index (χ2v) is 8.80. The molecule has 6 heteroatoms. The molecular formula is C31H26N2O4. The van der Waals surface area contributed by atoms with Crippen LogP contribution in [0.1, 0.15) is 27.0 Å². The van der Waals surface area contributed by atoms with Gasteiger partial charge in [-0.2, -0.15) is 5.26 Å². The maximum absolute atomic E-state index is 13.9. The fourth-order valence-electron chi connectivity index (χ4n) is 5.06. The molecule has 37 heavy (non-hydrogen) atoms. The van der Waals surface area contributed by atoms with Gasteiger partial charge in [-0.25, -0.2) is 0 Å². The SMILES string of the molecule is COc1cc2c(c(OC)c1OC)C(C#N)(Cc1ccc3ccccc3c1)N(C(=O)c1ccccc1)C=C2. The molecule has 6 nitrogen and oxygen atoms in total. The van der Waals surface area contributed by atoms with Gasteiger partial charge in [-0.05, 0) is 46.2 Å². The number of hydrogen-bond donors (Lipinski definition) is 0. The Balaban J connectivity index is 1.77. The zero-order valence-corrected chi connectivity index (χ0v) is 20.9. The summed E-state index contributed by atoms with van der Waals surface area (Å²) in [4.78, 5) is 15.4. The van der Waals surface area contributed by atoms with E-state index in [-0.39, 0.29) is 12.3 Å². The van der Waals surface area contributed by atoms with Crippen LogP contribution < -0.4 is 14.2 Å². The molecule has 0 aromatic heterocycles. The Bertz CT molecular complexity index is 1560. The third-order valence-electron chi connectivity index (χ3n) is 6.79. The summed E-state index contributed by atoms with van der Waals surface area (Å²) in [6, 6.07) is 27.4. The molecule has 0 radical (unpaired) electrons. The van der Waals surface area contributed by atoms with Crippen molar-refractivity contribution in [3.63, 3.8) is 0 Å². The van der Waals surface area contributed by atoms with Gasteiger partial charge in [0.2, 0.25) is 5.75 Å². The van der Waals surface area contributed by atoms with E-state index in [1.807, 2.05) is 48.5 Å². The molecule has 1 atom stereocenters. The van der Waals surface area contributed by atoms with Crippen molar-refractivity contribution in [3.8, 4) is 23.3 Å². The number of benzene rings is 4. The van der Waals surface area contributed by atoms with Crippen molar-refractivity contribution in [2.75, 3.05) is 21.3 Å². The standard InChI is InChI=1S/C31H26N2O4/c1-35-26-18-25-15-16-33(30(34)23-10-5-4-6-11-23)31(20-32,27(25)29(37-3)28(26)36-2)19-21-13-14-22-9-7-8-12-24(22)17-21/h4-18H,19H2,1-3H3. The summed E-state index contributed by atoms with van der Waals surface area (Å²) < 4.78 is 17.1. The number of nitriles is 1. The van der Waals surface area contributed by atoms with E-state index in [1.165, 1.54) is 19.1 Å². The first-order chi connectivity index (χ1) is 18.1. The van der Waals surface area contributed by atoms with Gasteiger partial charge in [0, 0.05) is 23.7 Å². The van der Waals surface area contributed by atoms with Crippen LogP contribution in [0.25, 0.3) is 16.8 Å². The minimum atomic E-state index is -1.43. The monoisotopic (exact) mass is 490 g/mol. The lowest BCUT2D eigenvalue weighted by Gasteiger charge is -2.41. The van der Waals surface area contributed by atoms with Crippen molar-refractivity contribution >= 4 is 22.8 Å². The number of methoxy groups -OCH3 is 3. The second-order valence-electron chi connectivity index (χ2n) is 8.80. The Morgan fingerprint density at radius 2 is 1.57 bits per heavy atom. The van der Waals surface area contributed by atoms with Crippen molar-refractivity contribution in [3.05, 3.63) is 107 Å². The van der Waals surface area contributed by atoms with Gasteiger partial charge in [-0.1, -0.05) is 60.7 Å². The highest BCUT2D eigenvalue weighted by Crippen LogP contribution is 2.51. The van der Waals surface area contributed by atoms with Gasteiger partial charge in [0.15, 0.2) is 17.0 Å². The number of rotatable bonds is 6. The number of nitrogens with zero attached hydrogens (tertiary/aromatic N) is 2. The Labute approximate surface area is 215 Å². The first kappa shape index (κ1) is 24.0. The van der Waals surface area contributed by atoms with E-state index < -0.39 is 5.54 Å². The van der Waals surface area contributed by atoms with Crippen LogP contribution in [0, 0.1) is 11.3 Å². The van der Waals surface area contributed by atoms with Crippen molar-refractivity contribution < 1.29 is 19.0 Å². The summed E-state index contributed by atoms with van der Waals surface area (Å²) in [6.45, 7) is 0. The van der Waals surface area contributed by atoms with Crippen molar-refractivity contribution in [2.24, 2.45) is 0 Å². The first-order valence-electron chi connectivity index (χ1n) is 11.9. The van der Waals surface area contributed by atoms with Crippen LogP contribution in [-0.2, 0) is 12.0 Å². The topological polar surface area (TPSA) is 71.8 Å². The number of carbonyl (C=O) groups excluding carboxylic acids is 1. The largest absolute Gasteiger partial charge is 0.493 e. The summed E-state index contributed by atoms with van der Waals surface area (Å²) in [6.07, 6.45) is 3.71. The van der Waals surface area contributed by atoms with Crippen molar-refractivity contribution in [2.45, 2.75) is 12.0 Å². The van der Waals surface area contributed by atoms with Gasteiger partial charge >= 0.3 is 0 Å². The first-order valence-corrected chi connectivity index (χ1v) is 11.9. The van der Waals surface area contributed by atoms with Crippen LogP contribution in [0.2, 0.25) is 0 Å². The van der Waals surface area contributed by atoms with E-state index in [0.29, 0.717) is 33.9 Å². The molecule has 0 spiro atoms. The zero-order valence-electron chi connectivity index (χ0n) is 20.9. The fraction of sp³-hybridized carbons (Fsp3) is 0.161. The molecule has 1 unspecified atom stereocenters. The van der Waals surface area contributed by atoms with Crippen molar-refractivity contribution in [1.82, 2.24) is 4.90 Å². The molecule has 1 aliphatic heterocycles. The van der Waals surface area contributed by atoms with E-state index in [4.69, 9.17) is 14.2 Å². The average Bonchev–Trinajstić information content (AvgIpc) is 2.96. The lowest BCUT2D eigenvalue weighted by atomic mass is 9.77. The Morgan fingerprint density at radius 1 is 0.865 bits per heavy atom. The van der Waals surface area contributed by atoms with E-state index >= 15 is 0 Å². The van der Waals surface area contributed by atoms with Crippen molar-refractivity contribution in [1.29, 1.82) is 5.26 Å². The Kier molecular flexibility index (Phi) is 6.29. The van der Waals surface area contributed by atoms with Gasteiger partial charge in [0.1, 0.15) is 0 Å². The highest BCUT2D eigenvalue weighted by Gasteiger charge is 2.48. The molecule has 0 aliphatic carbocycles. The summed E-state index contributed by atoms with van der Waals surface area (Å²) in [5, 5.41) is 13.1. The Hall–Kier alpha value is -4.76. The molecule has 4 aromatic rings. The van der Waals surface area contributed by atoms with Gasteiger partial charge in [0.25, 0.3) is 5.91 Å². The molecule has 1 amide bonds. The van der Waals surface area contributed by atoms with Crippen LogP contribution >= 0.6 is 0 Å². The summed E-state index contributed by atoms with van der Waals surface area (Å²) >= 11 is 0. The summed E-state index contributed by atoms with van der Waals surface area (Å²) in [5.41, 5.74) is 1.23. The Morgan fingerprint density at radius 3 is 2.24 bits per heavy atom. The lowest BCUT2D eigenvalue weighted by Crippen LogP contribution is -2.49. The number of ether oxygens (including phenoxy) is 3. The third kappa shape index (κ3) is 3.95. The van der Waals surface area contributed by atoms with Crippen LogP contribution in [0.5, 0.6) is 17.2 Å². The molecule has 0 saturated carbocycles. The predicted octanol–water partition coefficient (Wildman–Crippen LogP) is 5.95. The average molecular weight is 491 g/mol. The second kappa shape index (κ2) is 9.71. The minimum absolute atomic E-state index is 0.232. The highest BCUT2D eigenvalue weighted by molar-refractivity contribution is 5.97. The molecule has 0 bridgehead atoms. The quantitative estimate of drug-likeness (QED) is 0.334. The molecule has 0 saturated heterocycles. The van der Waals surface area contributed by atoms with Crippen LogP contribution in [0.15, 0.2) is 85.1 Å². The number of hydrogen-bond acceptors (Lipinski definition) is 5. The van der Waals surface area contributed by atoms with Crippen LogP contribution in [0.4, 0.5) is 0 Å².